The van der Waals surface area contributed by atoms with Crippen LogP contribution in [0, 0.1) is 0 Å². The van der Waals surface area contributed by atoms with Gasteiger partial charge in [-0.2, -0.15) is 0 Å². The highest BCUT2D eigenvalue weighted by Crippen LogP contribution is 2.34. The van der Waals surface area contributed by atoms with E-state index in [1.807, 2.05) is 17.0 Å². The number of fused-ring (bicyclic) bond motifs is 3. The van der Waals surface area contributed by atoms with Gasteiger partial charge < -0.3 is 14.0 Å². The van der Waals surface area contributed by atoms with Crippen LogP contribution in [-0.2, 0) is 24.8 Å². The second-order valence-electron chi connectivity index (χ2n) is 6.21. The molecule has 0 saturated heterocycles. The standard InChI is InChI=1S/C18H22N2O4/c1-11(21)9-20-6-5-12-13-7-16(23-3)17(24-4)8-15(13)19(2)18(22)14(12)10-20/h7-8H,5-6,9-10H2,1-4H3. The fourth-order valence-corrected chi connectivity index (χ4v) is 3.46. The van der Waals surface area contributed by atoms with Crippen molar-refractivity contribution in [2.24, 2.45) is 7.05 Å². The minimum Gasteiger partial charge on any atom is -0.493 e. The molecule has 24 heavy (non-hydrogen) atoms. The van der Waals surface area contributed by atoms with E-state index in [2.05, 4.69) is 0 Å². The number of rotatable bonds is 4. The van der Waals surface area contributed by atoms with Gasteiger partial charge in [0.1, 0.15) is 5.78 Å². The summed E-state index contributed by atoms with van der Waals surface area (Å²) in [5.41, 5.74) is 2.63. The van der Waals surface area contributed by atoms with Crippen LogP contribution in [0.25, 0.3) is 10.9 Å². The van der Waals surface area contributed by atoms with Gasteiger partial charge in [-0.25, -0.2) is 0 Å². The summed E-state index contributed by atoms with van der Waals surface area (Å²) in [6.45, 7) is 3.23. The predicted molar refractivity (Wildman–Crippen MR) is 92.0 cm³/mol. The van der Waals surface area contributed by atoms with Crippen LogP contribution in [0.3, 0.4) is 0 Å². The number of aryl methyl sites for hydroxylation is 1. The maximum atomic E-state index is 12.8. The first-order chi connectivity index (χ1) is 11.5. The number of ketones is 1. The zero-order valence-electron chi connectivity index (χ0n) is 14.5. The first-order valence-electron chi connectivity index (χ1n) is 7.94. The van der Waals surface area contributed by atoms with E-state index < -0.39 is 0 Å². The van der Waals surface area contributed by atoms with Crippen molar-refractivity contribution in [3.63, 3.8) is 0 Å². The number of Topliss-reactive ketones (excluding diaryl/α,β-unsaturated/α-hetero) is 1. The Morgan fingerprint density at radius 1 is 1.17 bits per heavy atom. The molecule has 1 aromatic heterocycles. The highest BCUT2D eigenvalue weighted by molar-refractivity contribution is 5.87. The Morgan fingerprint density at radius 2 is 1.83 bits per heavy atom. The Bertz CT molecular complexity index is 870. The number of methoxy groups -OCH3 is 2. The average molecular weight is 330 g/mol. The Morgan fingerprint density at radius 3 is 2.46 bits per heavy atom. The number of carbonyl (C=O) groups is 1. The summed E-state index contributed by atoms with van der Waals surface area (Å²) >= 11 is 0. The summed E-state index contributed by atoms with van der Waals surface area (Å²) in [5.74, 6) is 1.37. The summed E-state index contributed by atoms with van der Waals surface area (Å²) in [5, 5.41) is 1.01. The molecule has 0 radical (unpaired) electrons. The van der Waals surface area contributed by atoms with Crippen LogP contribution < -0.4 is 15.0 Å². The number of hydrogen-bond donors (Lipinski definition) is 0. The minimum absolute atomic E-state index is 0.0158. The van der Waals surface area contributed by atoms with Gasteiger partial charge in [-0.1, -0.05) is 0 Å². The van der Waals surface area contributed by atoms with Crippen LogP contribution in [0.4, 0.5) is 0 Å². The van der Waals surface area contributed by atoms with E-state index >= 15 is 0 Å². The number of nitrogens with zero attached hydrogens (tertiary/aromatic N) is 2. The average Bonchev–Trinajstić information content (AvgIpc) is 2.57. The van der Waals surface area contributed by atoms with E-state index in [4.69, 9.17) is 9.47 Å². The van der Waals surface area contributed by atoms with Gasteiger partial charge in [-0.15, -0.1) is 0 Å². The molecule has 3 rings (SSSR count). The maximum absolute atomic E-state index is 12.8. The third kappa shape index (κ3) is 2.67. The molecule has 2 aromatic rings. The molecule has 1 aromatic carbocycles. The Kier molecular flexibility index (Phi) is 4.32. The second-order valence-corrected chi connectivity index (χ2v) is 6.21. The molecule has 0 N–H and O–H groups in total. The molecule has 6 heteroatoms. The van der Waals surface area contributed by atoms with E-state index in [1.165, 1.54) is 0 Å². The summed E-state index contributed by atoms with van der Waals surface area (Å²) in [6.07, 6.45) is 0.741. The maximum Gasteiger partial charge on any atom is 0.255 e. The van der Waals surface area contributed by atoms with Crippen molar-refractivity contribution < 1.29 is 14.3 Å². The molecule has 1 aliphatic heterocycles. The molecule has 0 fully saturated rings. The topological polar surface area (TPSA) is 60.8 Å². The van der Waals surface area contributed by atoms with Gasteiger partial charge in [-0.3, -0.25) is 14.5 Å². The fourth-order valence-electron chi connectivity index (χ4n) is 3.46. The second kappa shape index (κ2) is 6.28. The summed E-state index contributed by atoms with van der Waals surface area (Å²) in [4.78, 5) is 26.2. The van der Waals surface area contributed by atoms with Crippen LogP contribution in [-0.4, -0.2) is 42.6 Å². The van der Waals surface area contributed by atoms with Crippen molar-refractivity contribution in [2.75, 3.05) is 27.3 Å². The van der Waals surface area contributed by atoms with Crippen LogP contribution in [0.1, 0.15) is 18.1 Å². The lowest BCUT2D eigenvalue weighted by atomic mass is 9.95. The van der Waals surface area contributed by atoms with Crippen molar-refractivity contribution in [2.45, 2.75) is 19.9 Å². The lowest BCUT2D eigenvalue weighted by Gasteiger charge is -2.29. The molecule has 0 bridgehead atoms. The van der Waals surface area contributed by atoms with Crippen molar-refractivity contribution in [3.05, 3.63) is 33.6 Å². The van der Waals surface area contributed by atoms with Gasteiger partial charge in [0.05, 0.1) is 26.3 Å². The van der Waals surface area contributed by atoms with Crippen molar-refractivity contribution >= 4 is 16.7 Å². The normalized spacial score (nSPS) is 14.5. The highest BCUT2D eigenvalue weighted by atomic mass is 16.5. The van der Waals surface area contributed by atoms with E-state index in [0.717, 1.165) is 35.0 Å². The largest absolute Gasteiger partial charge is 0.493 e. The molecule has 6 nitrogen and oxygen atoms in total. The SMILES string of the molecule is COc1cc2c3c(c(=O)n(C)c2cc1OC)CN(CC(C)=O)CC3. The Labute approximate surface area is 140 Å². The van der Waals surface area contributed by atoms with Crippen LogP contribution in [0.5, 0.6) is 11.5 Å². The molecule has 1 aliphatic rings. The van der Waals surface area contributed by atoms with E-state index in [0.29, 0.717) is 24.6 Å². The zero-order valence-corrected chi connectivity index (χ0v) is 14.5. The van der Waals surface area contributed by atoms with Crippen molar-refractivity contribution in [1.82, 2.24) is 9.47 Å². The van der Waals surface area contributed by atoms with Gasteiger partial charge in [0, 0.05) is 37.2 Å². The quantitative estimate of drug-likeness (QED) is 0.850. The van der Waals surface area contributed by atoms with Crippen molar-refractivity contribution in [1.29, 1.82) is 0 Å². The summed E-state index contributed by atoms with van der Waals surface area (Å²) < 4.78 is 12.4. The van der Waals surface area contributed by atoms with Crippen LogP contribution in [0.2, 0.25) is 0 Å². The third-order valence-electron chi connectivity index (χ3n) is 4.62. The first kappa shape index (κ1) is 16.5. The van der Waals surface area contributed by atoms with E-state index in [9.17, 15) is 9.59 Å². The van der Waals surface area contributed by atoms with Crippen LogP contribution >= 0.6 is 0 Å². The first-order valence-corrected chi connectivity index (χ1v) is 7.94. The molecular weight excluding hydrogens is 308 g/mol. The minimum atomic E-state index is -0.0158. The molecule has 0 spiro atoms. The van der Waals surface area contributed by atoms with Crippen molar-refractivity contribution in [3.8, 4) is 11.5 Å². The molecule has 0 atom stereocenters. The number of aromatic nitrogens is 1. The van der Waals surface area contributed by atoms with Gasteiger partial charge in [0.15, 0.2) is 11.5 Å². The smallest absolute Gasteiger partial charge is 0.255 e. The summed E-state index contributed by atoms with van der Waals surface area (Å²) in [7, 11) is 4.95. The van der Waals surface area contributed by atoms with Gasteiger partial charge in [-0.05, 0) is 25.0 Å². The van der Waals surface area contributed by atoms with Gasteiger partial charge in [0.25, 0.3) is 5.56 Å². The monoisotopic (exact) mass is 330 g/mol. The Balaban J connectivity index is 2.21. The highest BCUT2D eigenvalue weighted by Gasteiger charge is 2.24. The van der Waals surface area contributed by atoms with E-state index in [-0.39, 0.29) is 11.3 Å². The summed E-state index contributed by atoms with van der Waals surface area (Å²) in [6, 6.07) is 3.78. The van der Waals surface area contributed by atoms with Crippen LogP contribution in [0.15, 0.2) is 16.9 Å². The van der Waals surface area contributed by atoms with Gasteiger partial charge >= 0.3 is 0 Å². The fraction of sp³-hybridized carbons (Fsp3) is 0.444. The molecule has 0 amide bonds. The molecule has 0 unspecified atom stereocenters. The molecule has 2 heterocycles. The predicted octanol–water partition coefficient (Wildman–Crippen LogP) is 1.50. The molecule has 0 aliphatic carbocycles. The number of ether oxygens (including phenoxy) is 2. The van der Waals surface area contributed by atoms with Gasteiger partial charge in [0.2, 0.25) is 0 Å². The molecular formula is C18H22N2O4. The molecule has 128 valence electrons. The number of pyridine rings is 1. The lowest BCUT2D eigenvalue weighted by Crippen LogP contribution is -2.38. The molecule has 0 saturated carbocycles. The lowest BCUT2D eigenvalue weighted by molar-refractivity contribution is -0.118. The van der Waals surface area contributed by atoms with E-state index in [1.54, 1.807) is 32.8 Å². The number of hydrogen-bond acceptors (Lipinski definition) is 5. The number of carbonyl (C=O) groups excluding carboxylic acids is 1. The zero-order chi connectivity index (χ0) is 17.4. The third-order valence-corrected chi connectivity index (χ3v) is 4.62. The Hall–Kier alpha value is -2.34. The number of benzene rings is 1.